The Balaban J connectivity index is 0.000000494. The van der Waals surface area contributed by atoms with Gasteiger partial charge in [0.25, 0.3) is 0 Å². The second-order valence-electron chi connectivity index (χ2n) is 5.87. The first-order chi connectivity index (χ1) is 7.71. The summed E-state index contributed by atoms with van der Waals surface area (Å²) in [4.78, 5) is 0. The van der Waals surface area contributed by atoms with E-state index in [-0.39, 0.29) is 11.1 Å². The Labute approximate surface area is 141 Å². The third-order valence-electron chi connectivity index (χ3n) is 2.19. The van der Waals surface area contributed by atoms with Gasteiger partial charge >= 0.3 is 62.1 Å². The fraction of sp³-hybridized carbons (Fsp3) is 0.727. The zero-order valence-corrected chi connectivity index (χ0v) is 18.9. The molecule has 1 rings (SSSR count). The number of hydrogen-bond donors (Lipinski definition) is 0. The predicted octanol–water partition coefficient (Wildman–Crippen LogP) is 5.67. The molecule has 0 fully saturated rings. The van der Waals surface area contributed by atoms with Gasteiger partial charge in [0.05, 0.1) is 0 Å². The third kappa shape index (κ3) is 9.54. The number of halogens is 4. The van der Waals surface area contributed by atoms with Crippen LogP contribution in [0.4, 0.5) is 0 Å². The molecule has 7 heteroatoms. The van der Waals surface area contributed by atoms with E-state index in [2.05, 4.69) is 126 Å². The van der Waals surface area contributed by atoms with Gasteiger partial charge in [0.1, 0.15) is 23.5 Å². The van der Waals surface area contributed by atoms with Crippen LogP contribution in [0.1, 0.15) is 41.5 Å². The molecular formula is C11H21Br4FeN2. The fourth-order valence-corrected chi connectivity index (χ4v) is 1.15. The van der Waals surface area contributed by atoms with E-state index >= 15 is 0 Å². The summed E-state index contributed by atoms with van der Waals surface area (Å²) in [5, 5.41) is 0. The average Bonchev–Trinajstić information content (AvgIpc) is 2.43. The van der Waals surface area contributed by atoms with Crippen LogP contribution in [-0.4, -0.2) is 4.57 Å². The van der Waals surface area contributed by atoms with Crippen molar-refractivity contribution in [2.45, 2.75) is 52.6 Å². The third-order valence-corrected chi connectivity index (χ3v) is 2.19. The number of nitrogens with zero attached hydrogens (tertiary/aromatic N) is 2. The van der Waals surface area contributed by atoms with E-state index in [1.807, 2.05) is 0 Å². The van der Waals surface area contributed by atoms with E-state index in [4.69, 9.17) is 0 Å². The van der Waals surface area contributed by atoms with Crippen molar-refractivity contribution in [3.8, 4) is 0 Å². The average molecular weight is 557 g/mol. The van der Waals surface area contributed by atoms with E-state index in [9.17, 15) is 0 Å². The van der Waals surface area contributed by atoms with Crippen molar-refractivity contribution in [2.24, 2.45) is 0 Å². The van der Waals surface area contributed by atoms with E-state index in [1.165, 1.54) is 0 Å². The van der Waals surface area contributed by atoms with Crippen molar-refractivity contribution >= 4 is 56.4 Å². The van der Waals surface area contributed by atoms with E-state index < -0.39 is 5.61 Å². The van der Waals surface area contributed by atoms with Gasteiger partial charge < -0.3 is 0 Å². The molecule has 0 radical (unpaired) electrons. The van der Waals surface area contributed by atoms with Gasteiger partial charge in [-0.3, -0.25) is 0 Å². The summed E-state index contributed by atoms with van der Waals surface area (Å²) in [7, 11) is 0. The molecule has 111 valence electrons. The molecule has 0 aliphatic carbocycles. The maximum absolute atomic E-state index is 3.25. The summed E-state index contributed by atoms with van der Waals surface area (Å²) in [5.41, 5.74) is -0.896. The Morgan fingerprint density at radius 3 is 1.50 bits per heavy atom. The van der Waals surface area contributed by atoms with Crippen LogP contribution in [0.2, 0.25) is 0 Å². The topological polar surface area (TPSA) is 8.81 Å². The monoisotopic (exact) mass is 553 g/mol. The SMILES string of the molecule is CC(C)(C)n1cc[n+](C(C)(C)C)c1.[Br][Fe-]([Br])([Br])[Br]. The molecule has 0 spiro atoms. The minimum atomic E-state index is -1.25. The Morgan fingerprint density at radius 2 is 1.33 bits per heavy atom. The molecule has 0 aliphatic rings. The molecule has 0 saturated carbocycles. The van der Waals surface area contributed by atoms with Crippen LogP contribution in [0, 0.1) is 0 Å². The van der Waals surface area contributed by atoms with Crippen molar-refractivity contribution in [1.82, 2.24) is 4.57 Å². The van der Waals surface area contributed by atoms with Crippen molar-refractivity contribution in [1.29, 1.82) is 0 Å². The molecule has 0 amide bonds. The van der Waals surface area contributed by atoms with Gasteiger partial charge in [0, 0.05) is 0 Å². The predicted molar refractivity (Wildman–Crippen MR) is 90.3 cm³/mol. The van der Waals surface area contributed by atoms with Crippen molar-refractivity contribution < 1.29 is 10.2 Å². The number of rotatable bonds is 0. The van der Waals surface area contributed by atoms with Gasteiger partial charge in [0.2, 0.25) is 6.33 Å². The summed E-state index contributed by atoms with van der Waals surface area (Å²) < 4.78 is 4.47. The zero-order chi connectivity index (χ0) is 14.8. The van der Waals surface area contributed by atoms with E-state index in [1.54, 1.807) is 0 Å². The summed E-state index contributed by atoms with van der Waals surface area (Å²) in [5.74, 6) is 0. The summed E-state index contributed by atoms with van der Waals surface area (Å²) >= 11 is 13.0. The summed E-state index contributed by atoms with van der Waals surface area (Å²) in [6.45, 7) is 13.3. The van der Waals surface area contributed by atoms with E-state index in [0.717, 1.165) is 0 Å². The molecule has 0 atom stereocenters. The van der Waals surface area contributed by atoms with Gasteiger partial charge in [0.15, 0.2) is 0 Å². The Bertz CT molecular complexity index is 337. The molecule has 0 N–H and O–H groups in total. The fourth-order valence-electron chi connectivity index (χ4n) is 1.15. The molecule has 0 bridgehead atoms. The first-order valence-corrected chi connectivity index (χ1v) is 16.3. The van der Waals surface area contributed by atoms with Gasteiger partial charge in [-0.2, -0.15) is 0 Å². The van der Waals surface area contributed by atoms with Gasteiger partial charge in [-0.15, -0.1) is 0 Å². The Hall–Kier alpha value is 1.65. The van der Waals surface area contributed by atoms with E-state index in [0.29, 0.717) is 0 Å². The minimum absolute atomic E-state index is 0.177. The summed E-state index contributed by atoms with van der Waals surface area (Å²) in [6, 6.07) is 0. The van der Waals surface area contributed by atoms with Crippen LogP contribution >= 0.6 is 56.4 Å². The van der Waals surface area contributed by atoms with Crippen LogP contribution in [-0.2, 0) is 16.7 Å². The number of imidazole rings is 1. The molecule has 18 heavy (non-hydrogen) atoms. The van der Waals surface area contributed by atoms with Crippen LogP contribution in [0.5, 0.6) is 0 Å². The van der Waals surface area contributed by atoms with Crippen LogP contribution in [0.3, 0.4) is 0 Å². The number of hydrogen-bond acceptors (Lipinski definition) is 0. The first kappa shape index (κ1) is 19.6. The van der Waals surface area contributed by atoms with Gasteiger partial charge in [-0.25, -0.2) is 9.13 Å². The molecule has 2 nitrogen and oxygen atoms in total. The molecule has 1 aromatic rings. The molecule has 0 unspecified atom stereocenters. The molecule has 0 aromatic carbocycles. The van der Waals surface area contributed by atoms with Crippen LogP contribution < -0.4 is 4.57 Å². The summed E-state index contributed by atoms with van der Waals surface area (Å²) in [6.07, 6.45) is 6.43. The quantitative estimate of drug-likeness (QED) is 0.288. The standard InChI is InChI=1S/C11H21N2.4BrH.Fe/c1-10(2,3)12-7-8-13(9-12)11(4,5)6;;;;;/h7-9H,1-6H3;4*1H;/q+1;;;;;+3/p-4. The second-order valence-corrected chi connectivity index (χ2v) is 39.3. The number of aromatic nitrogens is 2. The molecule has 1 aromatic heterocycles. The van der Waals surface area contributed by atoms with Crippen molar-refractivity contribution in [3.63, 3.8) is 0 Å². The zero-order valence-electron chi connectivity index (χ0n) is 11.5. The van der Waals surface area contributed by atoms with Gasteiger partial charge in [-0.05, 0) is 41.5 Å². The molecule has 0 saturated heterocycles. The Morgan fingerprint density at radius 1 is 0.944 bits per heavy atom. The van der Waals surface area contributed by atoms with Crippen molar-refractivity contribution in [3.05, 3.63) is 18.7 Å². The molecule has 0 aliphatic heterocycles. The molecule has 1 heterocycles. The second kappa shape index (κ2) is 7.08. The van der Waals surface area contributed by atoms with Crippen LogP contribution in [0.25, 0.3) is 0 Å². The van der Waals surface area contributed by atoms with Crippen molar-refractivity contribution in [2.75, 3.05) is 0 Å². The Kier molecular flexibility index (Phi) is 7.73. The normalized spacial score (nSPS) is 13.9. The molecular weight excluding hydrogens is 536 g/mol. The van der Waals surface area contributed by atoms with Crippen LogP contribution in [0.15, 0.2) is 18.7 Å². The first-order valence-electron chi connectivity index (χ1n) is 5.35. The maximum atomic E-state index is 3.25. The van der Waals surface area contributed by atoms with Gasteiger partial charge in [-0.1, -0.05) is 0 Å².